The molecule has 30 heavy (non-hydrogen) atoms. The molecule has 2 heterocycles. The van der Waals surface area contributed by atoms with Crippen LogP contribution in [0.5, 0.6) is 0 Å². The van der Waals surface area contributed by atoms with E-state index < -0.39 is 54.1 Å². The van der Waals surface area contributed by atoms with Crippen LogP contribution in [0, 0.1) is 17.7 Å². The summed E-state index contributed by atoms with van der Waals surface area (Å²) in [4.78, 5) is 24.4. The second kappa shape index (κ2) is 9.62. The van der Waals surface area contributed by atoms with Crippen LogP contribution in [0.2, 0.25) is 0 Å². The molecule has 3 N–H and O–H groups in total. The van der Waals surface area contributed by atoms with Crippen LogP contribution in [-0.2, 0) is 14.3 Å². The number of ether oxygens (including phenoxy) is 2. The molecule has 2 aliphatic heterocycles. The molecule has 1 aromatic rings. The predicted molar refractivity (Wildman–Crippen MR) is 104 cm³/mol. The zero-order valence-corrected chi connectivity index (χ0v) is 17.1. The van der Waals surface area contributed by atoms with Crippen molar-refractivity contribution in [3.8, 4) is 0 Å². The average Bonchev–Trinajstić information content (AvgIpc) is 3.46. The van der Waals surface area contributed by atoms with E-state index in [0.717, 1.165) is 6.07 Å². The van der Waals surface area contributed by atoms with Crippen LogP contribution >= 0.6 is 0 Å². The number of halogens is 1. The fourth-order valence-corrected chi connectivity index (χ4v) is 3.95. The van der Waals surface area contributed by atoms with E-state index in [1.165, 1.54) is 18.2 Å². The second-order valence-electron chi connectivity index (χ2n) is 8.44. The molecule has 0 unspecified atom stereocenters. The first-order valence-electron chi connectivity index (χ1n) is 10.3. The summed E-state index contributed by atoms with van der Waals surface area (Å²) in [6.45, 7) is 3.65. The predicted octanol–water partition coefficient (Wildman–Crippen LogP) is 1.27. The van der Waals surface area contributed by atoms with Gasteiger partial charge in [-0.1, -0.05) is 19.1 Å². The number of rotatable bonds is 9. The van der Waals surface area contributed by atoms with Crippen molar-refractivity contribution in [3.63, 3.8) is 0 Å². The summed E-state index contributed by atoms with van der Waals surface area (Å²) in [6.07, 6.45) is -3.86. The van der Waals surface area contributed by atoms with Crippen LogP contribution in [0.4, 0.5) is 4.39 Å². The highest BCUT2D eigenvalue weighted by atomic mass is 19.1. The van der Waals surface area contributed by atoms with Crippen LogP contribution in [0.3, 0.4) is 0 Å². The number of aliphatic hydroxyl groups excluding tert-OH is 3. The van der Waals surface area contributed by atoms with Crippen molar-refractivity contribution in [1.82, 2.24) is 0 Å². The van der Waals surface area contributed by atoms with Gasteiger partial charge in [0.1, 0.15) is 17.7 Å². The normalized spacial score (nSPS) is 33.0. The van der Waals surface area contributed by atoms with Gasteiger partial charge in [0.2, 0.25) is 0 Å². The lowest BCUT2D eigenvalue weighted by molar-refractivity contribution is -0.170. The third kappa shape index (κ3) is 5.50. The lowest BCUT2D eigenvalue weighted by atomic mass is 9.85. The zero-order chi connectivity index (χ0) is 22.0. The molecule has 8 atom stereocenters. The van der Waals surface area contributed by atoms with Crippen LogP contribution in [0.25, 0.3) is 0 Å². The van der Waals surface area contributed by atoms with Gasteiger partial charge in [-0.15, -0.1) is 0 Å². The Morgan fingerprint density at radius 2 is 1.93 bits per heavy atom. The summed E-state index contributed by atoms with van der Waals surface area (Å²) in [5.74, 6) is -2.12. The minimum Gasteiger partial charge on any atom is -0.393 e. The number of benzene rings is 1. The van der Waals surface area contributed by atoms with Gasteiger partial charge in [0, 0.05) is 30.2 Å². The van der Waals surface area contributed by atoms with Crippen molar-refractivity contribution in [3.05, 3.63) is 35.6 Å². The molecule has 7 nitrogen and oxygen atoms in total. The smallest absolute Gasteiger partial charge is 0.170 e. The molecule has 2 saturated heterocycles. The largest absolute Gasteiger partial charge is 0.393 e. The molecule has 0 spiro atoms. The average molecular weight is 424 g/mol. The summed E-state index contributed by atoms with van der Waals surface area (Å²) in [7, 11) is 0. The number of hydrogen-bond donors (Lipinski definition) is 3. The maximum atomic E-state index is 13.2. The van der Waals surface area contributed by atoms with E-state index in [1.807, 2.05) is 6.92 Å². The third-order valence-corrected chi connectivity index (χ3v) is 6.10. The Bertz CT molecular complexity index is 768. The first kappa shape index (κ1) is 23.0. The van der Waals surface area contributed by atoms with E-state index >= 15 is 0 Å². The Hall–Kier alpha value is -1.71. The molecule has 0 saturated carbocycles. The Labute approximate surface area is 174 Å². The molecule has 2 fully saturated rings. The van der Waals surface area contributed by atoms with E-state index in [2.05, 4.69) is 0 Å². The van der Waals surface area contributed by atoms with Crippen molar-refractivity contribution in [1.29, 1.82) is 0 Å². The Morgan fingerprint density at radius 1 is 1.20 bits per heavy atom. The van der Waals surface area contributed by atoms with Crippen LogP contribution < -0.4 is 0 Å². The minimum atomic E-state index is -1.18. The van der Waals surface area contributed by atoms with Crippen molar-refractivity contribution in [2.75, 3.05) is 6.61 Å². The number of epoxide rings is 1. The monoisotopic (exact) mass is 424 g/mol. The standard InChI is InChI=1S/C22H29FO7/c1-11(12(2)24)22-19(30-22)9-18-21(28)20(27)14(10-29-18)7-16(25)8-17(26)13-4-3-5-15(23)6-13/h3-6,11-12,14,18-22,24,27-28H,7-10H2,1-2H3/t11-,12-,14-,18-,19-,20+,21-,22-/m0/s1. The van der Waals surface area contributed by atoms with Gasteiger partial charge in [-0.3, -0.25) is 9.59 Å². The van der Waals surface area contributed by atoms with Gasteiger partial charge in [-0.25, -0.2) is 4.39 Å². The molecule has 0 aromatic heterocycles. The van der Waals surface area contributed by atoms with Crippen molar-refractivity contribution >= 4 is 11.6 Å². The van der Waals surface area contributed by atoms with Gasteiger partial charge < -0.3 is 24.8 Å². The molecular formula is C22H29FO7. The van der Waals surface area contributed by atoms with Crippen molar-refractivity contribution in [2.45, 2.75) is 69.7 Å². The number of aliphatic hydroxyl groups is 3. The quantitative estimate of drug-likeness (QED) is 0.310. The minimum absolute atomic E-state index is 0.0401. The molecule has 1 aromatic carbocycles. The summed E-state index contributed by atoms with van der Waals surface area (Å²) in [5, 5.41) is 30.5. The lowest BCUT2D eigenvalue weighted by Gasteiger charge is -2.37. The molecule has 2 aliphatic rings. The Balaban J connectivity index is 1.47. The Morgan fingerprint density at radius 3 is 2.60 bits per heavy atom. The van der Waals surface area contributed by atoms with E-state index in [1.54, 1.807) is 6.92 Å². The molecule has 0 amide bonds. The highest BCUT2D eigenvalue weighted by Crippen LogP contribution is 2.37. The first-order valence-corrected chi connectivity index (χ1v) is 10.3. The van der Waals surface area contributed by atoms with Crippen LogP contribution in [0.1, 0.15) is 43.5 Å². The van der Waals surface area contributed by atoms with E-state index in [9.17, 15) is 29.3 Å². The van der Waals surface area contributed by atoms with E-state index in [0.29, 0.717) is 6.42 Å². The van der Waals surface area contributed by atoms with Gasteiger partial charge in [-0.2, -0.15) is 0 Å². The highest BCUT2D eigenvalue weighted by molar-refractivity contribution is 6.08. The summed E-state index contributed by atoms with van der Waals surface area (Å²) in [5.41, 5.74) is 0.120. The second-order valence-corrected chi connectivity index (χ2v) is 8.44. The molecule has 0 radical (unpaired) electrons. The third-order valence-electron chi connectivity index (χ3n) is 6.10. The maximum absolute atomic E-state index is 13.2. The van der Waals surface area contributed by atoms with Crippen LogP contribution in [0.15, 0.2) is 24.3 Å². The number of carbonyl (C=O) groups is 2. The SMILES string of the molecule is C[C@H]([C@@H]1O[C@H]1C[C@@H]1OC[C@H](CC(=O)CC(=O)c2cccc(F)c2)[C@@H](O)[C@H]1O)[C@H](C)O. The van der Waals surface area contributed by atoms with Gasteiger partial charge in [-0.05, 0) is 19.1 Å². The van der Waals surface area contributed by atoms with Gasteiger partial charge in [0.05, 0.1) is 43.5 Å². The van der Waals surface area contributed by atoms with E-state index in [4.69, 9.17) is 9.47 Å². The van der Waals surface area contributed by atoms with Gasteiger partial charge >= 0.3 is 0 Å². The molecule has 0 aliphatic carbocycles. The number of Topliss-reactive ketones (excluding diaryl/α,β-unsaturated/α-hetero) is 2. The number of carbonyl (C=O) groups excluding carboxylic acids is 2. The fourth-order valence-electron chi connectivity index (χ4n) is 3.95. The molecule has 0 bridgehead atoms. The summed E-state index contributed by atoms with van der Waals surface area (Å²) in [6, 6.07) is 5.13. The van der Waals surface area contributed by atoms with Crippen LogP contribution in [-0.4, -0.2) is 70.1 Å². The number of hydrogen-bond acceptors (Lipinski definition) is 7. The summed E-state index contributed by atoms with van der Waals surface area (Å²) < 4.78 is 24.5. The molecule has 8 heteroatoms. The number of ketones is 2. The van der Waals surface area contributed by atoms with Crippen molar-refractivity contribution < 1.29 is 38.8 Å². The lowest BCUT2D eigenvalue weighted by Crippen LogP contribution is -2.51. The highest BCUT2D eigenvalue weighted by Gasteiger charge is 2.48. The molecule has 3 rings (SSSR count). The fraction of sp³-hybridized carbons (Fsp3) is 0.636. The maximum Gasteiger partial charge on any atom is 0.170 e. The van der Waals surface area contributed by atoms with Gasteiger partial charge in [0.15, 0.2) is 5.78 Å². The van der Waals surface area contributed by atoms with Crippen molar-refractivity contribution in [2.24, 2.45) is 11.8 Å². The molecular weight excluding hydrogens is 395 g/mol. The van der Waals surface area contributed by atoms with Gasteiger partial charge in [0.25, 0.3) is 0 Å². The first-order chi connectivity index (χ1) is 14.2. The topological polar surface area (TPSA) is 117 Å². The Kier molecular flexibility index (Phi) is 7.36. The zero-order valence-electron chi connectivity index (χ0n) is 17.1. The van der Waals surface area contributed by atoms with E-state index in [-0.39, 0.29) is 36.7 Å². The summed E-state index contributed by atoms with van der Waals surface area (Å²) >= 11 is 0. The molecule has 166 valence electrons.